The number of aryl methyl sites for hydroxylation is 2. The van der Waals surface area contributed by atoms with Gasteiger partial charge in [0.2, 0.25) is 0 Å². The number of benzene rings is 1. The Morgan fingerprint density at radius 3 is 2.65 bits per heavy atom. The summed E-state index contributed by atoms with van der Waals surface area (Å²) < 4.78 is 5.98. The summed E-state index contributed by atoms with van der Waals surface area (Å²) in [5.41, 5.74) is 7.66. The van der Waals surface area contributed by atoms with Gasteiger partial charge in [-0.15, -0.1) is 0 Å². The molecule has 0 bridgehead atoms. The Labute approximate surface area is 119 Å². The first-order valence-electron chi connectivity index (χ1n) is 6.97. The molecule has 1 aromatic rings. The second-order valence-corrected chi connectivity index (χ2v) is 6.00. The maximum Gasteiger partial charge on any atom is 0.311 e. The van der Waals surface area contributed by atoms with Crippen LogP contribution in [0.2, 0.25) is 0 Å². The van der Waals surface area contributed by atoms with E-state index in [1.807, 2.05) is 19.9 Å². The largest absolute Gasteiger partial charge is 0.483 e. The number of hydrogen-bond acceptors (Lipinski definition) is 4. The van der Waals surface area contributed by atoms with Crippen LogP contribution in [0.4, 0.5) is 5.69 Å². The van der Waals surface area contributed by atoms with Crippen molar-refractivity contribution in [3.05, 3.63) is 33.4 Å². The van der Waals surface area contributed by atoms with Gasteiger partial charge in [-0.25, -0.2) is 0 Å². The molecule has 1 aliphatic carbocycles. The molecule has 5 heteroatoms. The SMILES string of the molecule is CCC1(C)C(N)CC1Oc1c(C)cc(C)cc1[N+](=O)[O-]. The average molecular weight is 278 g/mol. The van der Waals surface area contributed by atoms with E-state index in [0.29, 0.717) is 5.75 Å². The van der Waals surface area contributed by atoms with E-state index in [-0.39, 0.29) is 28.2 Å². The van der Waals surface area contributed by atoms with Crippen LogP contribution in [0.15, 0.2) is 12.1 Å². The van der Waals surface area contributed by atoms with Gasteiger partial charge in [0, 0.05) is 23.9 Å². The van der Waals surface area contributed by atoms with Crippen LogP contribution in [-0.2, 0) is 0 Å². The number of hydrogen-bond donors (Lipinski definition) is 1. The third-order valence-corrected chi connectivity index (χ3v) is 4.67. The molecule has 0 amide bonds. The molecule has 3 unspecified atom stereocenters. The molecule has 3 atom stereocenters. The molecule has 2 rings (SSSR count). The third-order valence-electron chi connectivity index (χ3n) is 4.67. The van der Waals surface area contributed by atoms with E-state index in [4.69, 9.17) is 10.5 Å². The summed E-state index contributed by atoms with van der Waals surface area (Å²) >= 11 is 0. The molecule has 1 aromatic carbocycles. The summed E-state index contributed by atoms with van der Waals surface area (Å²) in [6.07, 6.45) is 1.59. The summed E-state index contributed by atoms with van der Waals surface area (Å²) in [5, 5.41) is 11.2. The first kappa shape index (κ1) is 14.8. The molecule has 5 nitrogen and oxygen atoms in total. The van der Waals surface area contributed by atoms with E-state index in [1.165, 1.54) is 0 Å². The predicted molar refractivity (Wildman–Crippen MR) is 78.0 cm³/mol. The lowest BCUT2D eigenvalue weighted by molar-refractivity contribution is -0.386. The van der Waals surface area contributed by atoms with Crippen molar-refractivity contribution in [1.29, 1.82) is 0 Å². The topological polar surface area (TPSA) is 78.4 Å². The first-order chi connectivity index (χ1) is 9.29. The van der Waals surface area contributed by atoms with Crippen LogP contribution in [0, 0.1) is 29.4 Å². The minimum Gasteiger partial charge on any atom is -0.483 e. The zero-order chi connectivity index (χ0) is 15.1. The van der Waals surface area contributed by atoms with E-state index in [0.717, 1.165) is 24.0 Å². The number of ether oxygens (including phenoxy) is 1. The standard InChI is InChI=1S/C15H22N2O3/c1-5-15(4)12(16)8-13(15)20-14-10(3)6-9(2)7-11(14)17(18)19/h6-7,12-13H,5,8,16H2,1-4H3. The number of nitro groups is 1. The Kier molecular flexibility index (Phi) is 3.73. The molecule has 0 aromatic heterocycles. The highest BCUT2D eigenvalue weighted by molar-refractivity contribution is 5.53. The van der Waals surface area contributed by atoms with E-state index >= 15 is 0 Å². The highest BCUT2D eigenvalue weighted by Crippen LogP contribution is 2.46. The Balaban J connectivity index is 2.33. The fraction of sp³-hybridized carbons (Fsp3) is 0.600. The van der Waals surface area contributed by atoms with Gasteiger partial charge in [0.15, 0.2) is 5.75 Å². The van der Waals surface area contributed by atoms with Crippen LogP contribution in [0.5, 0.6) is 5.75 Å². The van der Waals surface area contributed by atoms with Crippen molar-refractivity contribution in [3.63, 3.8) is 0 Å². The highest BCUT2D eigenvalue weighted by Gasteiger charge is 2.50. The summed E-state index contributed by atoms with van der Waals surface area (Å²) in [6, 6.07) is 3.57. The quantitative estimate of drug-likeness (QED) is 0.678. The Bertz CT molecular complexity index is 544. The zero-order valence-electron chi connectivity index (χ0n) is 12.5. The van der Waals surface area contributed by atoms with Gasteiger partial charge in [0.1, 0.15) is 6.10 Å². The van der Waals surface area contributed by atoms with Gasteiger partial charge in [-0.3, -0.25) is 10.1 Å². The maximum absolute atomic E-state index is 11.2. The van der Waals surface area contributed by atoms with E-state index < -0.39 is 0 Å². The summed E-state index contributed by atoms with van der Waals surface area (Å²) in [7, 11) is 0. The maximum atomic E-state index is 11.2. The molecule has 1 saturated carbocycles. The minimum absolute atomic E-state index is 0.0430. The van der Waals surface area contributed by atoms with Gasteiger partial charge in [-0.05, 0) is 31.4 Å². The normalized spacial score (nSPS) is 28.9. The van der Waals surface area contributed by atoms with E-state index in [9.17, 15) is 10.1 Å². The second-order valence-electron chi connectivity index (χ2n) is 6.00. The van der Waals surface area contributed by atoms with Crippen LogP contribution in [-0.4, -0.2) is 17.1 Å². The smallest absolute Gasteiger partial charge is 0.311 e. The van der Waals surface area contributed by atoms with Gasteiger partial charge in [0.05, 0.1) is 4.92 Å². The molecule has 1 aliphatic rings. The van der Waals surface area contributed by atoms with Crippen molar-refractivity contribution in [1.82, 2.24) is 0 Å². The minimum atomic E-state index is -0.378. The molecular weight excluding hydrogens is 256 g/mol. The van der Waals surface area contributed by atoms with Crippen molar-refractivity contribution >= 4 is 5.69 Å². The van der Waals surface area contributed by atoms with Gasteiger partial charge in [0.25, 0.3) is 0 Å². The van der Waals surface area contributed by atoms with Gasteiger partial charge in [-0.1, -0.05) is 19.9 Å². The van der Waals surface area contributed by atoms with E-state index in [2.05, 4.69) is 13.8 Å². The molecule has 2 N–H and O–H groups in total. The molecule has 0 spiro atoms. The van der Waals surface area contributed by atoms with Crippen LogP contribution in [0.1, 0.15) is 37.8 Å². The zero-order valence-corrected chi connectivity index (χ0v) is 12.5. The number of nitrogens with two attached hydrogens (primary N) is 1. The van der Waals surface area contributed by atoms with Crippen LogP contribution in [0.3, 0.4) is 0 Å². The third kappa shape index (κ3) is 2.26. The molecule has 0 aliphatic heterocycles. The van der Waals surface area contributed by atoms with Crippen molar-refractivity contribution in [2.75, 3.05) is 0 Å². The molecular formula is C15H22N2O3. The summed E-state index contributed by atoms with van der Waals surface area (Å²) in [5.74, 6) is 0.386. The molecule has 0 saturated heterocycles. The lowest BCUT2D eigenvalue weighted by atomic mass is 9.62. The number of nitro benzene ring substituents is 1. The Morgan fingerprint density at radius 2 is 2.15 bits per heavy atom. The average Bonchev–Trinajstić information content (AvgIpc) is 2.38. The Hall–Kier alpha value is -1.62. The monoisotopic (exact) mass is 278 g/mol. The van der Waals surface area contributed by atoms with Gasteiger partial charge in [-0.2, -0.15) is 0 Å². The fourth-order valence-corrected chi connectivity index (χ4v) is 2.88. The highest BCUT2D eigenvalue weighted by atomic mass is 16.6. The predicted octanol–water partition coefficient (Wildman–Crippen LogP) is 3.11. The first-order valence-corrected chi connectivity index (χ1v) is 6.97. The van der Waals surface area contributed by atoms with Crippen molar-refractivity contribution in [3.8, 4) is 5.75 Å². The second kappa shape index (κ2) is 5.05. The van der Waals surface area contributed by atoms with Crippen LogP contribution in [0.25, 0.3) is 0 Å². The molecule has 1 fully saturated rings. The molecule has 0 heterocycles. The van der Waals surface area contributed by atoms with Crippen LogP contribution >= 0.6 is 0 Å². The Morgan fingerprint density at radius 1 is 1.50 bits per heavy atom. The number of rotatable bonds is 4. The van der Waals surface area contributed by atoms with Crippen molar-refractivity contribution in [2.24, 2.45) is 11.1 Å². The lowest BCUT2D eigenvalue weighted by Gasteiger charge is -2.51. The van der Waals surface area contributed by atoms with Crippen LogP contribution < -0.4 is 10.5 Å². The number of nitrogens with zero attached hydrogens (tertiary/aromatic N) is 1. The molecule has 0 radical (unpaired) electrons. The fourth-order valence-electron chi connectivity index (χ4n) is 2.88. The van der Waals surface area contributed by atoms with Gasteiger partial charge >= 0.3 is 5.69 Å². The molecule has 20 heavy (non-hydrogen) atoms. The van der Waals surface area contributed by atoms with E-state index in [1.54, 1.807) is 6.07 Å². The van der Waals surface area contributed by atoms with Crippen molar-refractivity contribution < 1.29 is 9.66 Å². The van der Waals surface area contributed by atoms with Gasteiger partial charge < -0.3 is 10.5 Å². The van der Waals surface area contributed by atoms with Crippen molar-refractivity contribution in [2.45, 2.75) is 52.7 Å². The lowest BCUT2D eigenvalue weighted by Crippen LogP contribution is -2.61. The summed E-state index contributed by atoms with van der Waals surface area (Å²) in [4.78, 5) is 10.8. The molecule has 110 valence electrons. The summed E-state index contributed by atoms with van der Waals surface area (Å²) in [6.45, 7) is 7.85.